The van der Waals surface area contributed by atoms with E-state index in [1.165, 1.54) is 13.5 Å². The molecule has 7 nitrogen and oxygen atoms in total. The number of methoxy groups -OCH3 is 1. The molecule has 0 heterocycles. The third-order valence-corrected chi connectivity index (χ3v) is 4.57. The van der Waals surface area contributed by atoms with Gasteiger partial charge in [0.1, 0.15) is 5.75 Å². The van der Waals surface area contributed by atoms with Crippen LogP contribution in [0.15, 0.2) is 24.3 Å². The lowest BCUT2D eigenvalue weighted by Gasteiger charge is -2.29. The number of benzene rings is 1. The minimum absolute atomic E-state index is 0.0108. The fourth-order valence-electron chi connectivity index (χ4n) is 3.10. The standard InChI is InChI=1S/C19H26N2O5/c1-13-7-3-5-9-15(13)20-19(24)21-17(22)12-26-18(23)11-14-8-4-6-10-16(14)25-2/h4,6,8,10,13,15H,3,5,7,9,11-12H2,1-2H3,(H2,20,21,22,24). The highest BCUT2D eigenvalue weighted by Gasteiger charge is 2.23. The number of para-hydroxylation sites is 1. The second-order valence-electron chi connectivity index (χ2n) is 6.54. The van der Waals surface area contributed by atoms with E-state index in [0.29, 0.717) is 17.2 Å². The summed E-state index contributed by atoms with van der Waals surface area (Å²) in [6, 6.07) is 6.60. The van der Waals surface area contributed by atoms with Crippen LogP contribution in [0.3, 0.4) is 0 Å². The summed E-state index contributed by atoms with van der Waals surface area (Å²) in [6.07, 6.45) is 4.21. The third-order valence-electron chi connectivity index (χ3n) is 4.57. The molecule has 2 rings (SSSR count). The van der Waals surface area contributed by atoms with E-state index in [9.17, 15) is 14.4 Å². The van der Waals surface area contributed by atoms with E-state index in [2.05, 4.69) is 17.6 Å². The molecular weight excluding hydrogens is 336 g/mol. The lowest BCUT2D eigenvalue weighted by Crippen LogP contribution is -2.48. The number of carbonyl (C=O) groups excluding carboxylic acids is 3. The summed E-state index contributed by atoms with van der Waals surface area (Å²) in [7, 11) is 1.52. The fourth-order valence-corrected chi connectivity index (χ4v) is 3.10. The van der Waals surface area contributed by atoms with Crippen molar-refractivity contribution in [2.45, 2.75) is 45.1 Å². The van der Waals surface area contributed by atoms with Gasteiger partial charge in [0.25, 0.3) is 5.91 Å². The molecule has 1 aromatic carbocycles. The van der Waals surface area contributed by atoms with Gasteiger partial charge in [-0.05, 0) is 24.8 Å². The van der Waals surface area contributed by atoms with Crippen LogP contribution in [0.5, 0.6) is 5.75 Å². The summed E-state index contributed by atoms with van der Waals surface area (Å²) in [6.45, 7) is 1.59. The summed E-state index contributed by atoms with van der Waals surface area (Å²) < 4.78 is 10.1. The van der Waals surface area contributed by atoms with E-state index in [4.69, 9.17) is 9.47 Å². The van der Waals surface area contributed by atoms with Gasteiger partial charge < -0.3 is 14.8 Å². The van der Waals surface area contributed by atoms with Crippen LogP contribution in [0.25, 0.3) is 0 Å². The Balaban J connectivity index is 1.72. The van der Waals surface area contributed by atoms with Gasteiger partial charge in [-0.2, -0.15) is 0 Å². The lowest BCUT2D eigenvalue weighted by molar-refractivity contribution is -0.147. The normalized spacial score (nSPS) is 19.3. The Morgan fingerprint density at radius 3 is 2.62 bits per heavy atom. The van der Waals surface area contributed by atoms with E-state index in [1.54, 1.807) is 24.3 Å². The third kappa shape index (κ3) is 6.06. The first-order valence-electron chi connectivity index (χ1n) is 8.87. The zero-order chi connectivity index (χ0) is 18.9. The molecule has 2 N–H and O–H groups in total. The van der Waals surface area contributed by atoms with Crippen molar-refractivity contribution < 1.29 is 23.9 Å². The Labute approximate surface area is 153 Å². The number of rotatable bonds is 6. The average Bonchev–Trinajstić information content (AvgIpc) is 2.62. The molecule has 1 aliphatic rings. The number of nitrogens with one attached hydrogen (secondary N) is 2. The Morgan fingerprint density at radius 1 is 1.15 bits per heavy atom. The van der Waals surface area contributed by atoms with Gasteiger partial charge in [-0.25, -0.2) is 4.79 Å². The molecule has 0 aliphatic heterocycles. The zero-order valence-corrected chi connectivity index (χ0v) is 15.2. The molecule has 2 atom stereocenters. The molecule has 26 heavy (non-hydrogen) atoms. The molecule has 142 valence electrons. The number of ether oxygens (including phenoxy) is 2. The largest absolute Gasteiger partial charge is 0.496 e. The molecule has 0 radical (unpaired) electrons. The Hall–Kier alpha value is -2.57. The first-order valence-corrected chi connectivity index (χ1v) is 8.87. The van der Waals surface area contributed by atoms with Crippen LogP contribution in [0.2, 0.25) is 0 Å². The lowest BCUT2D eigenvalue weighted by atomic mass is 9.86. The van der Waals surface area contributed by atoms with Gasteiger partial charge in [0.05, 0.1) is 13.5 Å². The SMILES string of the molecule is COc1ccccc1CC(=O)OCC(=O)NC(=O)NC1CCCCC1C. The first kappa shape index (κ1) is 19.8. The quantitative estimate of drug-likeness (QED) is 0.757. The fraction of sp³-hybridized carbons (Fsp3) is 0.526. The molecule has 7 heteroatoms. The summed E-state index contributed by atoms with van der Waals surface area (Å²) >= 11 is 0. The van der Waals surface area contributed by atoms with Crippen molar-refractivity contribution in [2.75, 3.05) is 13.7 Å². The van der Waals surface area contributed by atoms with Gasteiger partial charge in [-0.3, -0.25) is 14.9 Å². The molecule has 0 saturated heterocycles. The van der Waals surface area contributed by atoms with E-state index in [1.807, 2.05) is 0 Å². The zero-order valence-electron chi connectivity index (χ0n) is 15.2. The maximum Gasteiger partial charge on any atom is 0.321 e. The minimum Gasteiger partial charge on any atom is -0.496 e. The molecule has 2 unspecified atom stereocenters. The average molecular weight is 362 g/mol. The van der Waals surface area contributed by atoms with Crippen LogP contribution in [-0.2, 0) is 20.7 Å². The number of urea groups is 1. The number of amides is 3. The van der Waals surface area contributed by atoms with Gasteiger partial charge in [-0.15, -0.1) is 0 Å². The van der Waals surface area contributed by atoms with E-state index in [-0.39, 0.29) is 12.5 Å². The first-order chi connectivity index (χ1) is 12.5. The molecular formula is C19H26N2O5. The van der Waals surface area contributed by atoms with Crippen LogP contribution >= 0.6 is 0 Å². The number of esters is 1. The number of hydrogen-bond acceptors (Lipinski definition) is 5. The van der Waals surface area contributed by atoms with E-state index < -0.39 is 24.5 Å². The van der Waals surface area contributed by atoms with Gasteiger partial charge in [0.15, 0.2) is 6.61 Å². The maximum atomic E-state index is 11.9. The van der Waals surface area contributed by atoms with Gasteiger partial charge in [0, 0.05) is 11.6 Å². The highest BCUT2D eigenvalue weighted by Crippen LogP contribution is 2.23. The van der Waals surface area contributed by atoms with Gasteiger partial charge in [-0.1, -0.05) is 38.0 Å². The van der Waals surface area contributed by atoms with Crippen molar-refractivity contribution in [1.29, 1.82) is 0 Å². The smallest absolute Gasteiger partial charge is 0.321 e. The Kier molecular flexibility index (Phi) is 7.44. The van der Waals surface area contributed by atoms with Crippen molar-refractivity contribution >= 4 is 17.9 Å². The van der Waals surface area contributed by atoms with Crippen LogP contribution in [0, 0.1) is 5.92 Å². The molecule has 0 aromatic heterocycles. The van der Waals surface area contributed by atoms with Crippen molar-refractivity contribution in [3.8, 4) is 5.75 Å². The molecule has 1 saturated carbocycles. The summed E-state index contributed by atoms with van der Waals surface area (Å²) in [4.78, 5) is 35.5. The highest BCUT2D eigenvalue weighted by molar-refractivity contribution is 5.95. The number of imide groups is 1. The monoisotopic (exact) mass is 362 g/mol. The van der Waals surface area contributed by atoms with Gasteiger partial charge >= 0.3 is 12.0 Å². The second-order valence-corrected chi connectivity index (χ2v) is 6.54. The maximum absolute atomic E-state index is 11.9. The molecule has 1 fully saturated rings. The van der Waals surface area contributed by atoms with Crippen LogP contribution in [0.1, 0.15) is 38.2 Å². The van der Waals surface area contributed by atoms with Crippen LogP contribution in [0.4, 0.5) is 4.79 Å². The van der Waals surface area contributed by atoms with Crippen LogP contribution < -0.4 is 15.4 Å². The van der Waals surface area contributed by atoms with Crippen molar-refractivity contribution in [3.63, 3.8) is 0 Å². The van der Waals surface area contributed by atoms with Crippen molar-refractivity contribution in [3.05, 3.63) is 29.8 Å². The predicted molar refractivity (Wildman–Crippen MR) is 95.8 cm³/mol. The second kappa shape index (κ2) is 9.79. The molecule has 1 aromatic rings. The highest BCUT2D eigenvalue weighted by atomic mass is 16.5. The topological polar surface area (TPSA) is 93.7 Å². The Bertz CT molecular complexity index is 647. The summed E-state index contributed by atoms with van der Waals surface area (Å²) in [5, 5.41) is 5.01. The molecule has 0 spiro atoms. The molecule has 1 aliphatic carbocycles. The number of carbonyl (C=O) groups is 3. The summed E-state index contributed by atoms with van der Waals surface area (Å²) in [5.41, 5.74) is 0.671. The predicted octanol–water partition coefficient (Wildman–Crippen LogP) is 2.19. The Morgan fingerprint density at radius 2 is 1.88 bits per heavy atom. The van der Waals surface area contributed by atoms with Crippen molar-refractivity contribution in [1.82, 2.24) is 10.6 Å². The van der Waals surface area contributed by atoms with E-state index in [0.717, 1.165) is 19.3 Å². The molecule has 0 bridgehead atoms. The number of hydrogen-bond donors (Lipinski definition) is 2. The molecule has 3 amide bonds. The summed E-state index contributed by atoms with van der Waals surface area (Å²) in [5.74, 6) is -0.247. The van der Waals surface area contributed by atoms with E-state index >= 15 is 0 Å². The minimum atomic E-state index is -0.653. The van der Waals surface area contributed by atoms with Gasteiger partial charge in [0.2, 0.25) is 0 Å². The van der Waals surface area contributed by atoms with Crippen LogP contribution in [-0.4, -0.2) is 37.7 Å². The van der Waals surface area contributed by atoms with Crippen molar-refractivity contribution in [2.24, 2.45) is 5.92 Å².